The van der Waals surface area contributed by atoms with Gasteiger partial charge in [-0.15, -0.1) is 0 Å². The first-order valence-electron chi connectivity index (χ1n) is 11.7. The Morgan fingerprint density at radius 1 is 1.03 bits per heavy atom. The molecule has 2 saturated heterocycles. The van der Waals surface area contributed by atoms with Crippen LogP contribution >= 0.6 is 0 Å². The molecule has 1 amide bonds. The zero-order valence-corrected chi connectivity index (χ0v) is 18.7. The molecule has 1 unspecified atom stereocenters. The minimum absolute atomic E-state index is 0.0915. The number of benzene rings is 1. The summed E-state index contributed by atoms with van der Waals surface area (Å²) in [6.07, 6.45) is 5.32. The van der Waals surface area contributed by atoms with Crippen molar-refractivity contribution in [3.05, 3.63) is 54.2 Å². The highest BCUT2D eigenvalue weighted by Crippen LogP contribution is 2.20. The van der Waals surface area contributed by atoms with Gasteiger partial charge >= 0.3 is 0 Å². The molecule has 31 heavy (non-hydrogen) atoms. The van der Waals surface area contributed by atoms with Gasteiger partial charge in [-0.1, -0.05) is 25.1 Å². The van der Waals surface area contributed by atoms with Gasteiger partial charge < -0.3 is 10.2 Å². The SMILES string of the molecule is CCc1ccc(NC(=O)CN2CCCC(CN3CCN(c4ccccn4)CC3)C2)cc1. The number of nitrogens with zero attached hydrogens (tertiary/aromatic N) is 4. The fourth-order valence-electron chi connectivity index (χ4n) is 4.74. The van der Waals surface area contributed by atoms with E-state index in [4.69, 9.17) is 0 Å². The number of likely N-dealkylation sites (tertiary alicyclic amines) is 1. The van der Waals surface area contributed by atoms with Crippen molar-refractivity contribution in [2.75, 3.05) is 62.6 Å². The van der Waals surface area contributed by atoms with E-state index < -0.39 is 0 Å². The number of anilines is 2. The average molecular weight is 422 g/mol. The first kappa shape index (κ1) is 21.8. The molecule has 6 nitrogen and oxygen atoms in total. The summed E-state index contributed by atoms with van der Waals surface area (Å²) in [5.74, 6) is 1.82. The largest absolute Gasteiger partial charge is 0.354 e. The summed E-state index contributed by atoms with van der Waals surface area (Å²) in [6, 6.07) is 14.3. The van der Waals surface area contributed by atoms with E-state index in [0.717, 1.165) is 63.7 Å². The van der Waals surface area contributed by atoms with Crippen LogP contribution in [-0.2, 0) is 11.2 Å². The number of aryl methyl sites for hydroxylation is 1. The van der Waals surface area contributed by atoms with Crippen LogP contribution in [0.25, 0.3) is 0 Å². The van der Waals surface area contributed by atoms with Gasteiger partial charge in [-0.05, 0) is 61.6 Å². The zero-order chi connectivity index (χ0) is 21.5. The highest BCUT2D eigenvalue weighted by molar-refractivity contribution is 5.92. The Kier molecular flexibility index (Phi) is 7.54. The minimum atomic E-state index is 0.0915. The van der Waals surface area contributed by atoms with E-state index in [2.05, 4.69) is 56.2 Å². The highest BCUT2D eigenvalue weighted by atomic mass is 16.2. The lowest BCUT2D eigenvalue weighted by molar-refractivity contribution is -0.117. The minimum Gasteiger partial charge on any atom is -0.354 e. The van der Waals surface area contributed by atoms with Crippen molar-refractivity contribution in [1.29, 1.82) is 0 Å². The third kappa shape index (κ3) is 6.28. The summed E-state index contributed by atoms with van der Waals surface area (Å²) in [7, 11) is 0. The molecule has 1 aromatic heterocycles. The molecule has 166 valence electrons. The number of piperazine rings is 1. The molecule has 0 aliphatic carbocycles. The second kappa shape index (κ2) is 10.7. The van der Waals surface area contributed by atoms with Gasteiger partial charge in [0.25, 0.3) is 0 Å². The maximum Gasteiger partial charge on any atom is 0.238 e. The van der Waals surface area contributed by atoms with Gasteiger partial charge in [0.15, 0.2) is 0 Å². The molecule has 0 spiro atoms. The smallest absolute Gasteiger partial charge is 0.238 e. The fraction of sp³-hybridized carbons (Fsp3) is 0.520. The lowest BCUT2D eigenvalue weighted by atomic mass is 9.97. The monoisotopic (exact) mass is 421 g/mol. The average Bonchev–Trinajstić information content (AvgIpc) is 2.81. The number of amides is 1. The summed E-state index contributed by atoms with van der Waals surface area (Å²) in [5, 5.41) is 3.05. The highest BCUT2D eigenvalue weighted by Gasteiger charge is 2.25. The number of rotatable bonds is 7. The molecule has 2 aliphatic heterocycles. The number of nitrogens with one attached hydrogen (secondary N) is 1. The van der Waals surface area contributed by atoms with E-state index in [-0.39, 0.29) is 5.91 Å². The standard InChI is InChI=1S/C25H35N5O/c1-2-21-8-10-23(11-9-21)27-25(31)20-29-13-5-6-22(19-29)18-28-14-16-30(17-15-28)24-7-3-4-12-26-24/h3-4,7-12,22H,2,5-6,13-20H2,1H3,(H,27,31). The van der Waals surface area contributed by atoms with Gasteiger partial charge in [-0.2, -0.15) is 0 Å². The van der Waals surface area contributed by atoms with E-state index in [1.165, 1.54) is 18.4 Å². The number of carbonyl (C=O) groups is 1. The molecular weight excluding hydrogens is 386 g/mol. The quantitative estimate of drug-likeness (QED) is 0.745. The van der Waals surface area contributed by atoms with Crippen LogP contribution in [0.3, 0.4) is 0 Å². The first-order chi connectivity index (χ1) is 15.2. The van der Waals surface area contributed by atoms with Crippen LogP contribution in [-0.4, -0.2) is 73.0 Å². The maximum absolute atomic E-state index is 12.5. The van der Waals surface area contributed by atoms with Gasteiger partial charge in [-0.25, -0.2) is 4.98 Å². The predicted molar refractivity (Wildman–Crippen MR) is 127 cm³/mol. The normalized spacial score (nSPS) is 20.5. The van der Waals surface area contributed by atoms with Gasteiger partial charge in [-0.3, -0.25) is 14.6 Å². The molecule has 0 radical (unpaired) electrons. The molecule has 3 heterocycles. The molecule has 6 heteroatoms. The lowest BCUT2D eigenvalue weighted by Crippen LogP contribution is -2.50. The van der Waals surface area contributed by atoms with Gasteiger partial charge in [0.2, 0.25) is 5.91 Å². The Bertz CT molecular complexity index is 818. The molecular formula is C25H35N5O. The number of aromatic nitrogens is 1. The Hall–Kier alpha value is -2.44. The molecule has 4 rings (SSSR count). The molecule has 1 aromatic carbocycles. The summed E-state index contributed by atoms with van der Waals surface area (Å²) in [4.78, 5) is 24.3. The second-order valence-corrected chi connectivity index (χ2v) is 8.82. The number of hydrogen-bond donors (Lipinski definition) is 1. The van der Waals surface area contributed by atoms with Crippen LogP contribution in [0.1, 0.15) is 25.3 Å². The number of hydrogen-bond acceptors (Lipinski definition) is 5. The van der Waals surface area contributed by atoms with Crippen molar-refractivity contribution >= 4 is 17.4 Å². The molecule has 2 aromatic rings. The van der Waals surface area contributed by atoms with Crippen LogP contribution in [0.15, 0.2) is 48.7 Å². The van der Waals surface area contributed by atoms with Crippen LogP contribution in [0.5, 0.6) is 0 Å². The van der Waals surface area contributed by atoms with E-state index >= 15 is 0 Å². The van der Waals surface area contributed by atoms with Crippen LogP contribution in [0.2, 0.25) is 0 Å². The summed E-state index contributed by atoms with van der Waals surface area (Å²) in [5.41, 5.74) is 2.18. The molecule has 0 saturated carbocycles. The topological polar surface area (TPSA) is 51.7 Å². The fourth-order valence-corrected chi connectivity index (χ4v) is 4.74. The van der Waals surface area contributed by atoms with Crippen LogP contribution in [0.4, 0.5) is 11.5 Å². The van der Waals surface area contributed by atoms with Crippen LogP contribution in [0, 0.1) is 5.92 Å². The Morgan fingerprint density at radius 3 is 2.55 bits per heavy atom. The van der Waals surface area contributed by atoms with Crippen molar-refractivity contribution in [2.45, 2.75) is 26.2 Å². The Balaban J connectivity index is 1.20. The van der Waals surface area contributed by atoms with E-state index in [1.807, 2.05) is 24.4 Å². The molecule has 2 aliphatic rings. The number of piperidine rings is 1. The summed E-state index contributed by atoms with van der Waals surface area (Å²) in [6.45, 7) is 10.0. The summed E-state index contributed by atoms with van der Waals surface area (Å²) < 4.78 is 0. The van der Waals surface area contributed by atoms with Gasteiger partial charge in [0.05, 0.1) is 6.54 Å². The predicted octanol–water partition coefficient (Wildman–Crippen LogP) is 3.12. The van der Waals surface area contributed by atoms with Crippen LogP contribution < -0.4 is 10.2 Å². The Morgan fingerprint density at radius 2 is 1.84 bits per heavy atom. The molecule has 0 bridgehead atoms. The molecule has 1 atom stereocenters. The van der Waals surface area contributed by atoms with Crippen molar-refractivity contribution in [2.24, 2.45) is 5.92 Å². The number of carbonyl (C=O) groups excluding carboxylic acids is 1. The van der Waals surface area contributed by atoms with E-state index in [9.17, 15) is 4.79 Å². The van der Waals surface area contributed by atoms with Gasteiger partial charge in [0.1, 0.15) is 5.82 Å². The Labute approximate surface area is 186 Å². The lowest BCUT2D eigenvalue weighted by Gasteiger charge is -2.39. The van der Waals surface area contributed by atoms with Crippen molar-refractivity contribution in [3.63, 3.8) is 0 Å². The molecule has 2 fully saturated rings. The first-order valence-corrected chi connectivity index (χ1v) is 11.7. The number of pyridine rings is 1. The van der Waals surface area contributed by atoms with Crippen molar-refractivity contribution in [1.82, 2.24) is 14.8 Å². The second-order valence-electron chi connectivity index (χ2n) is 8.82. The third-order valence-corrected chi connectivity index (χ3v) is 6.48. The zero-order valence-electron chi connectivity index (χ0n) is 18.7. The molecule has 1 N–H and O–H groups in total. The van der Waals surface area contributed by atoms with Gasteiger partial charge in [0, 0.05) is 51.2 Å². The van der Waals surface area contributed by atoms with Crippen molar-refractivity contribution in [3.8, 4) is 0 Å². The third-order valence-electron chi connectivity index (χ3n) is 6.48. The van der Waals surface area contributed by atoms with Crippen molar-refractivity contribution < 1.29 is 4.79 Å². The van der Waals surface area contributed by atoms with E-state index in [1.54, 1.807) is 0 Å². The van der Waals surface area contributed by atoms with E-state index in [0.29, 0.717) is 12.5 Å². The maximum atomic E-state index is 12.5. The summed E-state index contributed by atoms with van der Waals surface area (Å²) >= 11 is 0.